The molecule has 4 rings (SSSR count). The Labute approximate surface area is 160 Å². The zero-order chi connectivity index (χ0) is 18.8. The molecule has 1 atom stereocenters. The van der Waals surface area contributed by atoms with Gasteiger partial charge in [0.1, 0.15) is 5.82 Å². The summed E-state index contributed by atoms with van der Waals surface area (Å²) in [5, 5.41) is 4.93. The van der Waals surface area contributed by atoms with Crippen LogP contribution in [-0.4, -0.2) is 18.4 Å². The second-order valence-electron chi connectivity index (χ2n) is 6.37. The molecule has 27 heavy (non-hydrogen) atoms. The Morgan fingerprint density at radius 2 is 1.85 bits per heavy atom. The molecule has 0 spiro atoms. The maximum absolute atomic E-state index is 14.0. The lowest BCUT2D eigenvalue weighted by Crippen LogP contribution is -2.28. The molecule has 3 aromatic rings. The highest BCUT2D eigenvalue weighted by Crippen LogP contribution is 2.33. The molecule has 0 saturated carbocycles. The molecule has 1 N–H and O–H groups in total. The third-order valence-electron chi connectivity index (χ3n) is 4.61. The van der Waals surface area contributed by atoms with E-state index in [2.05, 4.69) is 5.32 Å². The van der Waals surface area contributed by atoms with E-state index >= 15 is 0 Å². The van der Waals surface area contributed by atoms with Crippen LogP contribution in [0.3, 0.4) is 0 Å². The number of carbonyl (C=O) groups is 2. The van der Waals surface area contributed by atoms with Crippen molar-refractivity contribution in [1.82, 2.24) is 0 Å². The first kappa shape index (κ1) is 17.4. The molecule has 0 aliphatic carbocycles. The molecule has 6 heteroatoms. The molecule has 1 aromatic heterocycles. The molecule has 1 fully saturated rings. The second kappa shape index (κ2) is 7.32. The fourth-order valence-electron chi connectivity index (χ4n) is 3.26. The quantitative estimate of drug-likeness (QED) is 0.722. The number of rotatable bonds is 4. The highest BCUT2D eigenvalue weighted by Gasteiger charge is 2.36. The van der Waals surface area contributed by atoms with E-state index in [-0.39, 0.29) is 30.5 Å². The highest BCUT2D eigenvalue weighted by atomic mass is 32.1. The summed E-state index contributed by atoms with van der Waals surface area (Å²) in [7, 11) is 0. The van der Waals surface area contributed by atoms with E-state index in [4.69, 9.17) is 0 Å². The van der Waals surface area contributed by atoms with Gasteiger partial charge in [0.2, 0.25) is 11.8 Å². The van der Waals surface area contributed by atoms with E-state index < -0.39 is 11.7 Å². The average molecular weight is 380 g/mol. The van der Waals surface area contributed by atoms with E-state index in [0.717, 1.165) is 10.4 Å². The van der Waals surface area contributed by atoms with Crippen LogP contribution in [0.5, 0.6) is 0 Å². The zero-order valence-corrected chi connectivity index (χ0v) is 15.2. The maximum Gasteiger partial charge on any atom is 0.229 e. The molecular weight excluding hydrogens is 363 g/mol. The molecule has 2 heterocycles. The SMILES string of the molecule is O=C(Nc1ccccc1-c1cccs1)C1CC(=O)N(c2ccccc2F)C1. The number of anilines is 2. The van der Waals surface area contributed by atoms with Crippen LogP contribution in [0.1, 0.15) is 6.42 Å². The molecule has 1 unspecified atom stereocenters. The van der Waals surface area contributed by atoms with Crippen molar-refractivity contribution in [3.63, 3.8) is 0 Å². The predicted molar refractivity (Wildman–Crippen MR) is 105 cm³/mol. The molecule has 1 saturated heterocycles. The summed E-state index contributed by atoms with van der Waals surface area (Å²) >= 11 is 1.59. The fraction of sp³-hybridized carbons (Fsp3) is 0.143. The van der Waals surface area contributed by atoms with Gasteiger partial charge in [-0.1, -0.05) is 36.4 Å². The summed E-state index contributed by atoms with van der Waals surface area (Å²) in [4.78, 5) is 27.5. The number of nitrogens with zero attached hydrogens (tertiary/aromatic N) is 1. The Balaban J connectivity index is 1.52. The Morgan fingerprint density at radius 3 is 2.63 bits per heavy atom. The molecule has 4 nitrogen and oxygen atoms in total. The van der Waals surface area contributed by atoms with Crippen molar-refractivity contribution >= 4 is 34.5 Å². The molecule has 0 bridgehead atoms. The molecule has 1 aliphatic rings. The molecule has 0 radical (unpaired) electrons. The average Bonchev–Trinajstić information content (AvgIpc) is 3.33. The minimum absolute atomic E-state index is 0.0708. The van der Waals surface area contributed by atoms with E-state index in [1.165, 1.54) is 11.0 Å². The molecular formula is C21H17FN2O2S. The lowest BCUT2D eigenvalue weighted by molar-refractivity contribution is -0.122. The van der Waals surface area contributed by atoms with Gasteiger partial charge in [-0.25, -0.2) is 4.39 Å². The summed E-state index contributed by atoms with van der Waals surface area (Å²) in [6, 6.07) is 17.6. The number of benzene rings is 2. The fourth-order valence-corrected chi connectivity index (χ4v) is 4.03. The number of thiophene rings is 1. The molecule has 1 aliphatic heterocycles. The van der Waals surface area contributed by atoms with Gasteiger partial charge >= 0.3 is 0 Å². The van der Waals surface area contributed by atoms with Crippen LogP contribution in [0, 0.1) is 11.7 Å². The number of nitrogens with one attached hydrogen (secondary N) is 1. The van der Waals surface area contributed by atoms with Crippen molar-refractivity contribution in [2.45, 2.75) is 6.42 Å². The van der Waals surface area contributed by atoms with Crippen molar-refractivity contribution in [2.24, 2.45) is 5.92 Å². The summed E-state index contributed by atoms with van der Waals surface area (Å²) < 4.78 is 14.0. The minimum Gasteiger partial charge on any atom is -0.325 e. The van der Waals surface area contributed by atoms with Crippen molar-refractivity contribution in [1.29, 1.82) is 0 Å². The van der Waals surface area contributed by atoms with E-state index in [1.54, 1.807) is 29.5 Å². The van der Waals surface area contributed by atoms with Crippen LogP contribution < -0.4 is 10.2 Å². The zero-order valence-electron chi connectivity index (χ0n) is 14.4. The van der Waals surface area contributed by atoms with Gasteiger partial charge in [-0.05, 0) is 29.6 Å². The first-order chi connectivity index (χ1) is 13.1. The predicted octanol–water partition coefficient (Wildman–Crippen LogP) is 4.55. The third-order valence-corrected chi connectivity index (χ3v) is 5.51. The lowest BCUT2D eigenvalue weighted by Gasteiger charge is -2.17. The van der Waals surface area contributed by atoms with Gasteiger partial charge in [0, 0.05) is 29.1 Å². The van der Waals surface area contributed by atoms with Gasteiger partial charge in [-0.2, -0.15) is 0 Å². The van der Waals surface area contributed by atoms with Crippen LogP contribution in [0.2, 0.25) is 0 Å². The molecule has 2 amide bonds. The summed E-state index contributed by atoms with van der Waals surface area (Å²) in [5.41, 5.74) is 1.87. The van der Waals surface area contributed by atoms with E-state index in [0.29, 0.717) is 5.69 Å². The highest BCUT2D eigenvalue weighted by molar-refractivity contribution is 7.13. The van der Waals surface area contributed by atoms with E-state index in [1.807, 2.05) is 41.8 Å². The minimum atomic E-state index is -0.520. The topological polar surface area (TPSA) is 49.4 Å². The number of para-hydroxylation sites is 2. The normalized spacial score (nSPS) is 16.6. The first-order valence-corrected chi connectivity index (χ1v) is 9.50. The summed E-state index contributed by atoms with van der Waals surface area (Å²) in [5.74, 6) is -1.46. The van der Waals surface area contributed by atoms with Crippen molar-refractivity contribution < 1.29 is 14.0 Å². The second-order valence-corrected chi connectivity index (χ2v) is 7.32. The van der Waals surface area contributed by atoms with Crippen LogP contribution in [0.4, 0.5) is 15.8 Å². The van der Waals surface area contributed by atoms with Crippen LogP contribution in [0.15, 0.2) is 66.0 Å². The number of hydrogen-bond acceptors (Lipinski definition) is 3. The number of carbonyl (C=O) groups excluding carboxylic acids is 2. The van der Waals surface area contributed by atoms with Crippen molar-refractivity contribution in [2.75, 3.05) is 16.8 Å². The number of hydrogen-bond donors (Lipinski definition) is 1. The van der Waals surface area contributed by atoms with Gasteiger partial charge in [-0.15, -0.1) is 11.3 Å². The van der Waals surface area contributed by atoms with Crippen LogP contribution in [-0.2, 0) is 9.59 Å². The van der Waals surface area contributed by atoms with Crippen molar-refractivity contribution in [3.05, 3.63) is 71.9 Å². The summed E-state index contributed by atoms with van der Waals surface area (Å²) in [6.07, 6.45) is 0.0708. The van der Waals surface area contributed by atoms with E-state index in [9.17, 15) is 14.0 Å². The van der Waals surface area contributed by atoms with Gasteiger partial charge in [0.25, 0.3) is 0 Å². The standard InChI is InChI=1S/C21H17FN2O2S/c22-16-7-2-4-9-18(16)24-13-14(12-20(24)25)21(26)23-17-8-3-1-6-15(17)19-10-5-11-27-19/h1-11,14H,12-13H2,(H,23,26). The largest absolute Gasteiger partial charge is 0.325 e. The Morgan fingerprint density at radius 1 is 1.07 bits per heavy atom. The Bertz CT molecular complexity index is 987. The monoisotopic (exact) mass is 380 g/mol. The maximum atomic E-state index is 14.0. The Kier molecular flexibility index (Phi) is 4.73. The first-order valence-electron chi connectivity index (χ1n) is 8.62. The number of halogens is 1. The van der Waals surface area contributed by atoms with Gasteiger partial charge in [0.05, 0.1) is 11.6 Å². The van der Waals surface area contributed by atoms with Gasteiger partial charge in [-0.3, -0.25) is 9.59 Å². The van der Waals surface area contributed by atoms with Gasteiger partial charge < -0.3 is 10.2 Å². The van der Waals surface area contributed by atoms with Crippen LogP contribution in [0.25, 0.3) is 10.4 Å². The summed E-state index contributed by atoms with van der Waals surface area (Å²) in [6.45, 7) is 0.173. The third kappa shape index (κ3) is 3.48. The molecule has 2 aromatic carbocycles. The van der Waals surface area contributed by atoms with Gasteiger partial charge in [0.15, 0.2) is 0 Å². The smallest absolute Gasteiger partial charge is 0.229 e. The molecule has 136 valence electrons. The Hall–Kier alpha value is -2.99. The number of amides is 2. The van der Waals surface area contributed by atoms with Crippen LogP contribution >= 0.6 is 11.3 Å². The van der Waals surface area contributed by atoms with Crippen molar-refractivity contribution in [3.8, 4) is 10.4 Å². The lowest BCUT2D eigenvalue weighted by atomic mass is 10.1.